The second-order valence-corrected chi connectivity index (χ2v) is 3.97. The van der Waals surface area contributed by atoms with Gasteiger partial charge in [0.05, 0.1) is 10.0 Å². The second kappa shape index (κ2) is 4.52. The van der Waals surface area contributed by atoms with Crippen molar-refractivity contribution in [3.05, 3.63) is 32.8 Å². The van der Waals surface area contributed by atoms with Gasteiger partial charge in [0.2, 0.25) is 5.24 Å². The maximum atomic E-state index is 10.6. The first-order valence-corrected chi connectivity index (χ1v) is 4.84. The fourth-order valence-electron chi connectivity index (χ4n) is 0.870. The van der Waals surface area contributed by atoms with Crippen LogP contribution in [0.5, 0.6) is 0 Å². The molecule has 0 bridgehead atoms. The molecule has 1 aromatic rings. The minimum atomic E-state index is -0.522. The Kier molecular flexibility index (Phi) is 3.87. The van der Waals surface area contributed by atoms with Crippen LogP contribution in [-0.2, 0) is 11.2 Å². The summed E-state index contributed by atoms with van der Waals surface area (Å²) >= 11 is 22.5. The third-order valence-corrected chi connectivity index (χ3v) is 2.79. The average Bonchev–Trinajstić information content (AvgIpc) is 2.05. The molecule has 70 valence electrons. The van der Waals surface area contributed by atoms with E-state index in [9.17, 15) is 4.79 Å². The van der Waals surface area contributed by atoms with Crippen LogP contribution in [0.2, 0.25) is 15.1 Å². The van der Waals surface area contributed by atoms with Gasteiger partial charge >= 0.3 is 0 Å². The van der Waals surface area contributed by atoms with E-state index in [-0.39, 0.29) is 11.4 Å². The molecule has 0 radical (unpaired) electrons. The van der Waals surface area contributed by atoms with E-state index < -0.39 is 5.24 Å². The molecule has 0 aliphatic heterocycles. The Morgan fingerprint density at radius 1 is 1.15 bits per heavy atom. The molecule has 0 heterocycles. The summed E-state index contributed by atoms with van der Waals surface area (Å²) in [6.07, 6.45) is -0.0141. The molecule has 0 saturated carbocycles. The minimum absolute atomic E-state index is 0.0141. The van der Waals surface area contributed by atoms with Gasteiger partial charge in [0.25, 0.3) is 0 Å². The van der Waals surface area contributed by atoms with Gasteiger partial charge in [-0.2, -0.15) is 0 Å². The number of hydrogen-bond acceptors (Lipinski definition) is 1. The summed E-state index contributed by atoms with van der Waals surface area (Å²) in [6, 6.07) is 3.14. The molecule has 5 heteroatoms. The van der Waals surface area contributed by atoms with Crippen molar-refractivity contribution in [2.24, 2.45) is 0 Å². The molecular formula is C8H4Cl4O. The fourth-order valence-corrected chi connectivity index (χ4v) is 1.69. The zero-order chi connectivity index (χ0) is 10.0. The van der Waals surface area contributed by atoms with Gasteiger partial charge in [-0.05, 0) is 29.3 Å². The molecule has 0 spiro atoms. The van der Waals surface area contributed by atoms with Crippen molar-refractivity contribution in [1.29, 1.82) is 0 Å². The molecule has 1 rings (SSSR count). The molecule has 13 heavy (non-hydrogen) atoms. The van der Waals surface area contributed by atoms with E-state index in [1.807, 2.05) is 0 Å². The largest absolute Gasteiger partial charge is 0.281 e. The van der Waals surface area contributed by atoms with Crippen LogP contribution in [0.25, 0.3) is 0 Å². The van der Waals surface area contributed by atoms with Crippen molar-refractivity contribution >= 4 is 51.6 Å². The van der Waals surface area contributed by atoms with Crippen molar-refractivity contribution in [3.63, 3.8) is 0 Å². The quantitative estimate of drug-likeness (QED) is 0.579. The summed E-state index contributed by atoms with van der Waals surface area (Å²) in [5.41, 5.74) is 0.468. The zero-order valence-corrected chi connectivity index (χ0v) is 9.31. The Labute approximate surface area is 95.5 Å². The van der Waals surface area contributed by atoms with E-state index in [0.717, 1.165) is 0 Å². The molecule has 1 nitrogen and oxygen atoms in total. The molecule has 0 amide bonds. The summed E-state index contributed by atoms with van der Waals surface area (Å²) in [6.45, 7) is 0. The third-order valence-electron chi connectivity index (χ3n) is 1.45. The van der Waals surface area contributed by atoms with E-state index in [1.54, 1.807) is 12.1 Å². The molecule has 0 unspecified atom stereocenters. The van der Waals surface area contributed by atoms with Crippen molar-refractivity contribution < 1.29 is 4.79 Å². The lowest BCUT2D eigenvalue weighted by Crippen LogP contribution is -1.95. The predicted octanol–water partition coefficient (Wildman–Crippen LogP) is 3.95. The maximum Gasteiger partial charge on any atom is 0.226 e. The van der Waals surface area contributed by atoms with Crippen molar-refractivity contribution in [2.75, 3.05) is 0 Å². The van der Waals surface area contributed by atoms with Crippen LogP contribution >= 0.6 is 46.4 Å². The first-order chi connectivity index (χ1) is 6.02. The van der Waals surface area contributed by atoms with Gasteiger partial charge in [-0.1, -0.05) is 34.8 Å². The monoisotopic (exact) mass is 256 g/mol. The lowest BCUT2D eigenvalue weighted by molar-refractivity contribution is -0.111. The van der Waals surface area contributed by atoms with Crippen molar-refractivity contribution in [3.8, 4) is 0 Å². The number of carbonyl (C=O) groups excluding carboxylic acids is 1. The molecule has 0 aliphatic carbocycles. The Balaban J connectivity index is 3.17. The molecular weight excluding hydrogens is 254 g/mol. The van der Waals surface area contributed by atoms with Gasteiger partial charge in [-0.15, -0.1) is 0 Å². The van der Waals surface area contributed by atoms with E-state index in [2.05, 4.69) is 0 Å². The minimum Gasteiger partial charge on any atom is -0.281 e. The third kappa shape index (κ3) is 2.75. The molecule has 0 atom stereocenters. The lowest BCUT2D eigenvalue weighted by atomic mass is 10.2. The summed E-state index contributed by atoms with van der Waals surface area (Å²) in [7, 11) is 0. The molecule has 0 aromatic heterocycles. The van der Waals surface area contributed by atoms with Gasteiger partial charge in [-0.3, -0.25) is 4.79 Å². The van der Waals surface area contributed by atoms with E-state index in [4.69, 9.17) is 46.4 Å². The molecule has 1 aromatic carbocycles. The Bertz CT molecular complexity index is 348. The summed E-state index contributed by atoms with van der Waals surface area (Å²) < 4.78 is 0. The van der Waals surface area contributed by atoms with Gasteiger partial charge < -0.3 is 0 Å². The highest BCUT2D eigenvalue weighted by Crippen LogP contribution is 2.31. The van der Waals surface area contributed by atoms with Gasteiger partial charge in [-0.25, -0.2) is 0 Å². The normalized spacial score (nSPS) is 10.2. The van der Waals surface area contributed by atoms with E-state index in [1.165, 1.54) is 0 Å². The van der Waals surface area contributed by atoms with Crippen LogP contribution in [0.1, 0.15) is 5.56 Å². The predicted molar refractivity (Wildman–Crippen MR) is 56.0 cm³/mol. The molecule has 0 saturated heterocycles. The van der Waals surface area contributed by atoms with Crippen LogP contribution in [0, 0.1) is 0 Å². The fraction of sp³-hybridized carbons (Fsp3) is 0.125. The van der Waals surface area contributed by atoms with E-state index in [0.29, 0.717) is 15.6 Å². The topological polar surface area (TPSA) is 17.1 Å². The lowest BCUT2D eigenvalue weighted by Gasteiger charge is -2.05. The maximum absolute atomic E-state index is 10.6. The Morgan fingerprint density at radius 2 is 1.69 bits per heavy atom. The molecule has 0 N–H and O–H groups in total. The SMILES string of the molecule is O=C(Cl)Cc1c(Cl)ccc(Cl)c1Cl. The number of halogens is 4. The smallest absolute Gasteiger partial charge is 0.226 e. The second-order valence-electron chi connectivity index (χ2n) is 2.35. The van der Waals surface area contributed by atoms with Crippen LogP contribution < -0.4 is 0 Å². The number of benzene rings is 1. The average molecular weight is 258 g/mol. The van der Waals surface area contributed by atoms with Crippen LogP contribution in [0.3, 0.4) is 0 Å². The van der Waals surface area contributed by atoms with Crippen LogP contribution in [-0.4, -0.2) is 5.24 Å². The Hall–Kier alpha value is 0.0500. The molecule has 0 fully saturated rings. The number of hydrogen-bond donors (Lipinski definition) is 0. The standard InChI is InChI=1S/C8H4Cl4O/c9-5-1-2-6(10)8(12)4(5)3-7(11)13/h1-2H,3H2. The van der Waals surface area contributed by atoms with Gasteiger partial charge in [0.15, 0.2) is 0 Å². The summed E-state index contributed by atoms with van der Waals surface area (Å²) in [5.74, 6) is 0. The van der Waals surface area contributed by atoms with Crippen molar-refractivity contribution in [1.82, 2.24) is 0 Å². The summed E-state index contributed by atoms with van der Waals surface area (Å²) in [5, 5.41) is 0.511. The van der Waals surface area contributed by atoms with Gasteiger partial charge in [0.1, 0.15) is 0 Å². The first kappa shape index (κ1) is 11.1. The van der Waals surface area contributed by atoms with Crippen molar-refractivity contribution in [2.45, 2.75) is 6.42 Å². The number of carbonyl (C=O) groups is 1. The van der Waals surface area contributed by atoms with Gasteiger partial charge in [0, 0.05) is 11.4 Å². The summed E-state index contributed by atoms with van der Waals surface area (Å²) in [4.78, 5) is 10.6. The Morgan fingerprint density at radius 3 is 2.23 bits per heavy atom. The number of rotatable bonds is 2. The zero-order valence-electron chi connectivity index (χ0n) is 6.28. The highest BCUT2D eigenvalue weighted by atomic mass is 35.5. The first-order valence-electron chi connectivity index (χ1n) is 3.33. The molecule has 0 aliphatic rings. The van der Waals surface area contributed by atoms with Crippen LogP contribution in [0.15, 0.2) is 12.1 Å². The van der Waals surface area contributed by atoms with E-state index >= 15 is 0 Å². The highest BCUT2D eigenvalue weighted by molar-refractivity contribution is 6.64. The highest BCUT2D eigenvalue weighted by Gasteiger charge is 2.11. The van der Waals surface area contributed by atoms with Crippen LogP contribution in [0.4, 0.5) is 0 Å².